The Bertz CT molecular complexity index is 1720. The minimum Gasteiger partial charge on any atom is -0.508 e. The Balaban J connectivity index is 1.77. The normalized spacial score (nSPS) is 20.9. The van der Waals surface area contributed by atoms with Crippen LogP contribution in [0.1, 0.15) is 114 Å². The van der Waals surface area contributed by atoms with Gasteiger partial charge in [0.15, 0.2) is 0 Å². The van der Waals surface area contributed by atoms with E-state index in [4.69, 9.17) is 11.0 Å². The van der Waals surface area contributed by atoms with Crippen LogP contribution in [0.3, 0.4) is 0 Å². The van der Waals surface area contributed by atoms with Crippen molar-refractivity contribution >= 4 is 25.8 Å². The van der Waals surface area contributed by atoms with E-state index in [0.29, 0.717) is 23.7 Å². The van der Waals surface area contributed by atoms with Gasteiger partial charge in [-0.2, -0.15) is 0 Å². The average Bonchev–Trinajstić information content (AvgIpc) is 3.36. The quantitative estimate of drug-likeness (QED) is 0.243. The maximum Gasteiger partial charge on any atom is 0.502 e. The molecule has 6 rings (SSSR count). The van der Waals surface area contributed by atoms with E-state index in [-0.39, 0.29) is 5.54 Å². The summed E-state index contributed by atoms with van der Waals surface area (Å²) in [4.78, 5) is 0. The summed E-state index contributed by atoms with van der Waals surface area (Å²) in [5, 5.41) is 0. The van der Waals surface area contributed by atoms with E-state index >= 15 is 0 Å². The number of benzene rings is 3. The molecule has 3 aromatic carbocycles. The first-order chi connectivity index (χ1) is 22.0. The molecule has 2 heterocycles. The molecule has 0 aromatic heterocycles. The molecule has 2 atom stereocenters. The Kier molecular flexibility index (Phi) is 8.54. The molecule has 2 aliphatic heterocycles. The number of allylic oxidation sites excluding steroid dienone is 7. The molecule has 0 amide bonds. The summed E-state index contributed by atoms with van der Waals surface area (Å²) in [5.74, 6) is 2.31. The zero-order valence-corrected chi connectivity index (χ0v) is 30.1. The highest BCUT2D eigenvalue weighted by atomic mass is 28.4. The molecule has 0 radical (unpaired) electrons. The van der Waals surface area contributed by atoms with E-state index in [1.807, 2.05) is 0 Å². The molecule has 1 spiro atoms. The highest BCUT2D eigenvalue weighted by Gasteiger charge is 2.66. The van der Waals surface area contributed by atoms with Crippen molar-refractivity contribution in [3.05, 3.63) is 148 Å². The third-order valence-electron chi connectivity index (χ3n) is 9.77. The van der Waals surface area contributed by atoms with Gasteiger partial charge in [0.1, 0.15) is 5.76 Å². The first kappa shape index (κ1) is 31.9. The lowest BCUT2D eigenvalue weighted by Crippen LogP contribution is -2.70. The van der Waals surface area contributed by atoms with Crippen molar-refractivity contribution in [2.45, 2.75) is 91.5 Å². The lowest BCUT2D eigenvalue weighted by molar-refractivity contribution is 0.497. The summed E-state index contributed by atoms with van der Waals surface area (Å²) in [5.41, 5.74) is 12.5. The SMILES string of the molecule is C=C1C=C(C)N(c2c(C(C)C)cccc2C(C)C)[Si]2(OC(c3ccccc3)=C3C=CC=CC32)N1c1c(C(C)C)cccc1C(C)C. The van der Waals surface area contributed by atoms with Crippen LogP contribution in [0.2, 0.25) is 5.54 Å². The van der Waals surface area contributed by atoms with E-state index in [1.165, 1.54) is 44.9 Å². The van der Waals surface area contributed by atoms with Crippen molar-refractivity contribution in [2.75, 3.05) is 9.13 Å². The molecule has 0 N–H and O–H groups in total. The van der Waals surface area contributed by atoms with Crippen LogP contribution in [-0.2, 0) is 4.43 Å². The Morgan fingerprint density at radius 1 is 0.652 bits per heavy atom. The number of nitrogens with zero attached hydrogens (tertiary/aromatic N) is 2. The maximum atomic E-state index is 7.90. The van der Waals surface area contributed by atoms with Gasteiger partial charge in [0.2, 0.25) is 0 Å². The molecule has 3 aromatic rings. The number of rotatable bonds is 7. The van der Waals surface area contributed by atoms with Crippen LogP contribution < -0.4 is 9.13 Å². The second-order valence-electron chi connectivity index (χ2n) is 14.3. The summed E-state index contributed by atoms with van der Waals surface area (Å²) < 4.78 is 13.2. The highest BCUT2D eigenvalue weighted by Crippen LogP contribution is 2.58. The van der Waals surface area contributed by atoms with Crippen molar-refractivity contribution in [1.82, 2.24) is 0 Å². The number of fused-ring (bicyclic) bond motifs is 2. The second-order valence-corrected chi connectivity index (χ2v) is 17.3. The molecule has 238 valence electrons. The largest absolute Gasteiger partial charge is 0.508 e. The molecule has 4 heteroatoms. The molecule has 1 aliphatic carbocycles. The highest BCUT2D eigenvalue weighted by molar-refractivity contribution is 6.86. The predicted molar refractivity (Wildman–Crippen MR) is 199 cm³/mol. The molecule has 0 saturated heterocycles. The Hall–Kier alpha value is -4.02. The van der Waals surface area contributed by atoms with E-state index in [2.05, 4.69) is 169 Å². The van der Waals surface area contributed by atoms with Crippen molar-refractivity contribution in [1.29, 1.82) is 0 Å². The summed E-state index contributed by atoms with van der Waals surface area (Å²) in [6, 6.07) is 24.5. The summed E-state index contributed by atoms with van der Waals surface area (Å²) in [6.45, 7) is 25.6. The van der Waals surface area contributed by atoms with Crippen LogP contribution in [0.4, 0.5) is 11.4 Å². The van der Waals surface area contributed by atoms with Crippen LogP contribution in [-0.4, -0.2) is 8.64 Å². The van der Waals surface area contributed by atoms with Gasteiger partial charge in [-0.1, -0.05) is 153 Å². The maximum absolute atomic E-state index is 7.90. The number of hydrogen-bond acceptors (Lipinski definition) is 3. The van der Waals surface area contributed by atoms with E-state index < -0.39 is 8.64 Å². The third kappa shape index (κ3) is 5.02. The lowest BCUT2D eigenvalue weighted by Gasteiger charge is -2.54. The molecule has 0 bridgehead atoms. The lowest BCUT2D eigenvalue weighted by atomic mass is 9.92. The van der Waals surface area contributed by atoms with Gasteiger partial charge in [-0.05, 0) is 58.9 Å². The molecule has 0 saturated carbocycles. The van der Waals surface area contributed by atoms with Crippen LogP contribution in [0, 0.1) is 0 Å². The smallest absolute Gasteiger partial charge is 0.502 e. The van der Waals surface area contributed by atoms with Crippen LogP contribution in [0.5, 0.6) is 0 Å². The van der Waals surface area contributed by atoms with Crippen molar-refractivity contribution < 1.29 is 4.43 Å². The number of anilines is 2. The average molecular weight is 627 g/mol. The predicted octanol–water partition coefficient (Wildman–Crippen LogP) is 11.8. The molecular formula is C42H50N2OSi. The monoisotopic (exact) mass is 626 g/mol. The van der Waals surface area contributed by atoms with Crippen LogP contribution >= 0.6 is 0 Å². The van der Waals surface area contributed by atoms with Crippen molar-refractivity contribution in [3.8, 4) is 0 Å². The van der Waals surface area contributed by atoms with Gasteiger partial charge in [-0.25, -0.2) is 0 Å². The first-order valence-corrected chi connectivity index (χ1v) is 18.9. The fourth-order valence-electron chi connectivity index (χ4n) is 7.65. The fraction of sp³-hybridized carbons (Fsp3) is 0.333. The van der Waals surface area contributed by atoms with Gasteiger partial charge >= 0.3 is 8.64 Å². The molecule has 46 heavy (non-hydrogen) atoms. The summed E-state index contributed by atoms with van der Waals surface area (Å²) >= 11 is 0. The zero-order valence-electron chi connectivity index (χ0n) is 29.1. The van der Waals surface area contributed by atoms with Gasteiger partial charge in [0.25, 0.3) is 0 Å². The number of para-hydroxylation sites is 2. The zero-order chi connectivity index (χ0) is 32.9. The fourth-order valence-corrected chi connectivity index (χ4v) is 12.5. The summed E-state index contributed by atoms with van der Waals surface area (Å²) in [7, 11) is -3.32. The Labute approximate surface area is 278 Å². The van der Waals surface area contributed by atoms with Gasteiger partial charge in [0, 0.05) is 33.9 Å². The topological polar surface area (TPSA) is 15.7 Å². The van der Waals surface area contributed by atoms with Gasteiger partial charge in [0.05, 0.1) is 5.54 Å². The van der Waals surface area contributed by atoms with E-state index in [1.54, 1.807) is 0 Å². The minimum absolute atomic E-state index is 0.0357. The van der Waals surface area contributed by atoms with Crippen LogP contribution in [0.25, 0.3) is 5.76 Å². The van der Waals surface area contributed by atoms with E-state index in [0.717, 1.165) is 17.0 Å². The molecule has 3 aliphatic rings. The third-order valence-corrected chi connectivity index (χ3v) is 14.0. The van der Waals surface area contributed by atoms with Crippen molar-refractivity contribution in [2.24, 2.45) is 0 Å². The molecule has 2 unspecified atom stereocenters. The van der Waals surface area contributed by atoms with Crippen molar-refractivity contribution in [3.63, 3.8) is 0 Å². The van der Waals surface area contributed by atoms with Crippen LogP contribution in [0.15, 0.2) is 121 Å². The minimum atomic E-state index is -3.32. The Morgan fingerprint density at radius 3 is 1.65 bits per heavy atom. The molecule has 3 nitrogen and oxygen atoms in total. The van der Waals surface area contributed by atoms with Gasteiger partial charge in [-0.3, -0.25) is 0 Å². The second kappa shape index (κ2) is 12.3. The molecular weight excluding hydrogens is 577 g/mol. The van der Waals surface area contributed by atoms with Gasteiger partial charge in [-0.15, -0.1) is 0 Å². The molecule has 0 fully saturated rings. The van der Waals surface area contributed by atoms with E-state index in [9.17, 15) is 0 Å². The number of hydrogen-bond donors (Lipinski definition) is 0. The van der Waals surface area contributed by atoms with Gasteiger partial charge < -0.3 is 13.6 Å². The Morgan fingerprint density at radius 2 is 1.15 bits per heavy atom. The summed E-state index contributed by atoms with van der Waals surface area (Å²) in [6.07, 6.45) is 11.4. The standard InChI is InChI=1S/C42H50N2OSi/c1-27(2)34-21-16-22-35(28(3)4)40(34)43-31(9)26-32(10)44(41-36(29(5)6)23-17-24-37(41)30(7)8)46(43)39-25-15-14-20-38(39)42(45-46)33-18-12-11-13-19-33/h11-30,39H,9H2,1-8,10H3. The first-order valence-electron chi connectivity index (χ1n) is 17.1.